The molecule has 0 aliphatic heterocycles. The van der Waals surface area contributed by atoms with E-state index in [-0.39, 0.29) is 0 Å². The van der Waals surface area contributed by atoms with Crippen molar-refractivity contribution in [1.82, 2.24) is 0 Å². The zero-order valence-corrected chi connectivity index (χ0v) is 34.6. The van der Waals surface area contributed by atoms with Crippen molar-refractivity contribution in [2.75, 3.05) is 0 Å². The van der Waals surface area contributed by atoms with Crippen molar-refractivity contribution in [2.45, 2.75) is 150 Å². The Bertz CT molecular complexity index is 1930. The highest BCUT2D eigenvalue weighted by molar-refractivity contribution is 5.83. The highest BCUT2D eigenvalue weighted by Gasteiger charge is 2.49. The van der Waals surface area contributed by atoms with Gasteiger partial charge >= 0.3 is 0 Å². The van der Waals surface area contributed by atoms with Crippen LogP contribution in [0.1, 0.15) is 142 Å². The van der Waals surface area contributed by atoms with Crippen molar-refractivity contribution < 1.29 is 0 Å². The van der Waals surface area contributed by atoms with Crippen molar-refractivity contribution in [1.29, 1.82) is 0 Å². The van der Waals surface area contributed by atoms with E-state index in [4.69, 9.17) is 0 Å². The summed E-state index contributed by atoms with van der Waals surface area (Å²) in [5, 5.41) is 0. The second-order valence-corrected chi connectivity index (χ2v) is 17.5. The lowest BCUT2D eigenvalue weighted by Crippen LogP contribution is -2.26. The molecule has 6 unspecified atom stereocenters. The van der Waals surface area contributed by atoms with Crippen LogP contribution in [0.15, 0.2) is 16.7 Å². The van der Waals surface area contributed by atoms with Gasteiger partial charge in [-0.1, -0.05) is 19.4 Å². The molecule has 0 spiro atoms. The van der Waals surface area contributed by atoms with E-state index in [2.05, 4.69) is 125 Å². The van der Waals surface area contributed by atoms with E-state index >= 15 is 0 Å². The van der Waals surface area contributed by atoms with Crippen molar-refractivity contribution >= 4 is 5.57 Å². The van der Waals surface area contributed by atoms with Crippen molar-refractivity contribution in [3.8, 4) is 11.1 Å². The van der Waals surface area contributed by atoms with Gasteiger partial charge in [0.15, 0.2) is 0 Å². The van der Waals surface area contributed by atoms with Crippen LogP contribution >= 0.6 is 0 Å². The van der Waals surface area contributed by atoms with E-state index < -0.39 is 0 Å². The van der Waals surface area contributed by atoms with Gasteiger partial charge in [0.05, 0.1) is 0 Å². The predicted molar refractivity (Wildman–Crippen MR) is 215 cm³/mol. The smallest absolute Gasteiger partial charge is 0.00820 e. The van der Waals surface area contributed by atoms with Gasteiger partial charge in [-0.15, -0.1) is 0 Å². The second-order valence-electron chi connectivity index (χ2n) is 17.5. The number of benzene rings is 3. The van der Waals surface area contributed by atoms with Crippen LogP contribution in [0.3, 0.4) is 0 Å². The molecule has 49 heavy (non-hydrogen) atoms. The molecule has 262 valence electrons. The summed E-state index contributed by atoms with van der Waals surface area (Å²) in [5.41, 5.74) is 34.0. The van der Waals surface area contributed by atoms with Crippen LogP contribution in [0, 0.1) is 120 Å². The summed E-state index contributed by atoms with van der Waals surface area (Å²) >= 11 is 0. The average Bonchev–Trinajstić information content (AvgIpc) is 3.57. The number of hydrogen-bond acceptors (Lipinski definition) is 0. The third-order valence-electron chi connectivity index (χ3n) is 15.8. The fourth-order valence-electron chi connectivity index (χ4n) is 11.6. The maximum atomic E-state index is 2.60. The zero-order chi connectivity index (χ0) is 36.3. The molecule has 0 N–H and O–H groups in total. The monoisotopic (exact) mass is 655 g/mol. The van der Waals surface area contributed by atoms with E-state index in [1.165, 1.54) is 91.6 Å². The third-order valence-corrected chi connectivity index (χ3v) is 15.8. The summed E-state index contributed by atoms with van der Waals surface area (Å²) in [7, 11) is 0. The molecule has 6 rings (SSSR count). The Morgan fingerprint density at radius 2 is 0.878 bits per heavy atom. The first-order chi connectivity index (χ1) is 22.8. The first-order valence-corrected chi connectivity index (χ1v) is 19.5. The summed E-state index contributed by atoms with van der Waals surface area (Å²) in [5.74, 6) is 3.92. The van der Waals surface area contributed by atoms with Gasteiger partial charge in [-0.3, -0.25) is 0 Å². The van der Waals surface area contributed by atoms with Gasteiger partial charge in [0.2, 0.25) is 0 Å². The normalized spacial score (nSPS) is 25.1. The first-order valence-electron chi connectivity index (χ1n) is 19.5. The maximum absolute atomic E-state index is 2.60. The Labute approximate surface area is 300 Å². The van der Waals surface area contributed by atoms with Gasteiger partial charge in [0.1, 0.15) is 0 Å². The van der Waals surface area contributed by atoms with Gasteiger partial charge in [-0.05, 0) is 282 Å². The minimum absolute atomic E-state index is 0.610. The summed E-state index contributed by atoms with van der Waals surface area (Å²) in [6.45, 7) is 43.4. The predicted octanol–water partition coefficient (Wildman–Crippen LogP) is 13.7. The minimum atomic E-state index is 0.610. The highest BCUT2D eigenvalue weighted by Crippen LogP contribution is 2.60. The molecule has 0 bridgehead atoms. The topological polar surface area (TPSA) is 0 Å². The van der Waals surface area contributed by atoms with Crippen molar-refractivity contribution in [3.05, 3.63) is 106 Å². The molecule has 3 aliphatic carbocycles. The lowest BCUT2D eigenvalue weighted by Gasteiger charge is -2.38. The molecule has 0 radical (unpaired) electrons. The molecule has 0 heterocycles. The molecule has 6 atom stereocenters. The molecular weight excluding hydrogens is 589 g/mol. The standard InChI is InChI=1S/C49H66/c1-22-19-42-46(36(15)30(9)38(17)48(42)44-32(11)26(5)24(3)27(6)33(44)12)40(22)21-41-23(2)20-43-47(41)37(16)31(10)39(18)49(43)45-34(13)28(7)25(4)29(8)35(45)14/h22-23,40-42,46H,19-21H2,1-18H3. The van der Waals surface area contributed by atoms with Gasteiger partial charge in [0, 0.05) is 0 Å². The average molecular weight is 655 g/mol. The molecule has 1 fully saturated rings. The van der Waals surface area contributed by atoms with Gasteiger partial charge in [-0.25, -0.2) is 0 Å². The Balaban J connectivity index is 1.48. The Morgan fingerprint density at radius 3 is 1.39 bits per heavy atom. The molecule has 0 nitrogen and oxygen atoms in total. The van der Waals surface area contributed by atoms with Gasteiger partial charge in [-0.2, -0.15) is 0 Å². The zero-order valence-electron chi connectivity index (χ0n) is 34.6. The minimum Gasteiger partial charge on any atom is -0.0661 e. The van der Waals surface area contributed by atoms with Crippen LogP contribution in [0.25, 0.3) is 16.7 Å². The molecule has 0 saturated heterocycles. The molecule has 0 amide bonds. The molecule has 3 aliphatic rings. The van der Waals surface area contributed by atoms with Crippen LogP contribution < -0.4 is 0 Å². The van der Waals surface area contributed by atoms with Crippen LogP contribution in [0.4, 0.5) is 0 Å². The first kappa shape index (κ1) is 35.9. The summed E-state index contributed by atoms with van der Waals surface area (Å²) in [4.78, 5) is 0. The molecule has 3 aromatic carbocycles. The summed E-state index contributed by atoms with van der Waals surface area (Å²) < 4.78 is 0. The van der Waals surface area contributed by atoms with E-state index in [9.17, 15) is 0 Å². The lowest BCUT2D eigenvalue weighted by molar-refractivity contribution is 0.278. The lowest BCUT2D eigenvalue weighted by atomic mass is 9.66. The Hall–Kier alpha value is -2.86. The highest BCUT2D eigenvalue weighted by atomic mass is 14.5. The van der Waals surface area contributed by atoms with Crippen molar-refractivity contribution in [3.63, 3.8) is 0 Å². The van der Waals surface area contributed by atoms with E-state index in [1.54, 1.807) is 50.1 Å². The third kappa shape index (κ3) is 5.04. The largest absolute Gasteiger partial charge is 0.0661 e. The molecule has 0 heteroatoms. The van der Waals surface area contributed by atoms with E-state index in [0.29, 0.717) is 35.5 Å². The number of hydrogen-bond donors (Lipinski definition) is 0. The Kier molecular flexibility index (Phi) is 9.11. The van der Waals surface area contributed by atoms with E-state index in [0.717, 1.165) is 0 Å². The van der Waals surface area contributed by atoms with Gasteiger partial charge < -0.3 is 0 Å². The SMILES string of the molecule is CC1=C(c2c(C)c(C)c(C)c(C)c2C)C2CC(C)C(CC3c4c(C)c(C)c(C)c(-c5c(C)c(C)c(C)c(C)c5C)c4CC3C)C2C(C)=C1C. The molecule has 0 aromatic heterocycles. The van der Waals surface area contributed by atoms with Gasteiger partial charge in [0.25, 0.3) is 0 Å². The second kappa shape index (κ2) is 12.4. The number of allylic oxidation sites excluding steroid dienone is 4. The Morgan fingerprint density at radius 1 is 0.449 bits per heavy atom. The van der Waals surface area contributed by atoms with E-state index in [1.807, 2.05) is 0 Å². The fraction of sp³-hybridized carbons (Fsp3) is 0.551. The van der Waals surface area contributed by atoms with Crippen molar-refractivity contribution in [2.24, 2.45) is 29.6 Å². The molecule has 3 aromatic rings. The van der Waals surface area contributed by atoms with Crippen LogP contribution in [0.5, 0.6) is 0 Å². The van der Waals surface area contributed by atoms with Crippen LogP contribution in [-0.4, -0.2) is 0 Å². The number of fused-ring (bicyclic) bond motifs is 2. The quantitative estimate of drug-likeness (QED) is 0.263. The molecule has 1 saturated carbocycles. The fourth-order valence-corrected chi connectivity index (χ4v) is 11.6. The summed E-state index contributed by atoms with van der Waals surface area (Å²) in [6.07, 6.45) is 3.82. The van der Waals surface area contributed by atoms with Crippen LogP contribution in [0.2, 0.25) is 0 Å². The molecular formula is C49H66. The number of rotatable bonds is 4. The van der Waals surface area contributed by atoms with Crippen LogP contribution in [-0.2, 0) is 6.42 Å². The maximum Gasteiger partial charge on any atom is -0.00820 e. The summed E-state index contributed by atoms with van der Waals surface area (Å²) in [6, 6.07) is 0.